The summed E-state index contributed by atoms with van der Waals surface area (Å²) in [5, 5.41) is 19.5. The van der Waals surface area contributed by atoms with E-state index in [1.54, 1.807) is 24.0 Å². The second-order valence-corrected chi connectivity index (χ2v) is 5.07. The smallest absolute Gasteiger partial charge is 0.258 e. The second kappa shape index (κ2) is 4.52. The third-order valence-corrected chi connectivity index (χ3v) is 2.88. The van der Waals surface area contributed by atoms with Gasteiger partial charge in [0, 0.05) is 12.2 Å². The lowest BCUT2D eigenvalue weighted by atomic mass is 10.3. The van der Waals surface area contributed by atoms with E-state index >= 15 is 0 Å². The van der Waals surface area contributed by atoms with E-state index in [1.807, 2.05) is 13.8 Å². The Labute approximate surface area is 112 Å². The maximum atomic E-state index is 11.2. The molecule has 0 amide bonds. The minimum atomic E-state index is -0.424. The largest absolute Gasteiger partial charge is 0.336 e. The first kappa shape index (κ1) is 12.7. The summed E-state index contributed by atoms with van der Waals surface area (Å²) in [4.78, 5) is 10.7. The molecule has 18 heavy (non-hydrogen) atoms. The van der Waals surface area contributed by atoms with Crippen LogP contribution in [0.1, 0.15) is 25.6 Å². The molecule has 0 aliphatic heterocycles. The highest BCUT2D eigenvalue weighted by Crippen LogP contribution is 2.29. The van der Waals surface area contributed by atoms with E-state index in [9.17, 15) is 10.1 Å². The first-order valence-corrected chi connectivity index (χ1v) is 6.15. The number of nitrogens with zero attached hydrogens (tertiary/aromatic N) is 5. The molecule has 0 saturated heterocycles. The third-order valence-electron chi connectivity index (χ3n) is 2.47. The van der Waals surface area contributed by atoms with E-state index in [-0.39, 0.29) is 11.7 Å². The molecule has 2 rings (SSSR count). The molecule has 7 nitrogen and oxygen atoms in total. The molecule has 0 fully saturated rings. The lowest BCUT2D eigenvalue weighted by Gasteiger charge is -2.09. The Morgan fingerprint density at radius 1 is 1.50 bits per heavy atom. The minimum Gasteiger partial charge on any atom is -0.258 e. The van der Waals surface area contributed by atoms with Crippen molar-refractivity contribution >= 4 is 21.6 Å². The Hall–Kier alpha value is -1.70. The van der Waals surface area contributed by atoms with E-state index in [0.29, 0.717) is 11.5 Å². The molecule has 0 saturated carbocycles. The van der Waals surface area contributed by atoms with Crippen LogP contribution in [0.25, 0.3) is 5.82 Å². The van der Waals surface area contributed by atoms with Gasteiger partial charge in [0.2, 0.25) is 5.82 Å². The van der Waals surface area contributed by atoms with Crippen LogP contribution in [0.3, 0.4) is 0 Å². The molecule has 0 bridgehead atoms. The van der Waals surface area contributed by atoms with Crippen LogP contribution in [0.5, 0.6) is 0 Å². The van der Waals surface area contributed by atoms with Gasteiger partial charge in [-0.2, -0.15) is 10.2 Å². The van der Waals surface area contributed by atoms with Crippen molar-refractivity contribution in [1.29, 1.82) is 0 Å². The highest BCUT2D eigenvalue weighted by atomic mass is 79.9. The van der Waals surface area contributed by atoms with Crippen LogP contribution in [0.4, 0.5) is 5.69 Å². The van der Waals surface area contributed by atoms with Gasteiger partial charge in [0.1, 0.15) is 5.69 Å². The van der Waals surface area contributed by atoms with Gasteiger partial charge in [-0.3, -0.25) is 10.1 Å². The van der Waals surface area contributed by atoms with Crippen molar-refractivity contribution in [3.63, 3.8) is 0 Å². The van der Waals surface area contributed by atoms with Crippen LogP contribution in [0.2, 0.25) is 0 Å². The summed E-state index contributed by atoms with van der Waals surface area (Å²) >= 11 is 3.28. The lowest BCUT2D eigenvalue weighted by Crippen LogP contribution is -2.11. The molecule has 0 radical (unpaired) electrons. The van der Waals surface area contributed by atoms with Crippen molar-refractivity contribution in [2.45, 2.75) is 26.8 Å². The van der Waals surface area contributed by atoms with Gasteiger partial charge < -0.3 is 0 Å². The van der Waals surface area contributed by atoms with E-state index in [0.717, 1.165) is 4.47 Å². The highest BCUT2D eigenvalue weighted by Gasteiger charge is 2.28. The van der Waals surface area contributed by atoms with E-state index < -0.39 is 4.92 Å². The van der Waals surface area contributed by atoms with Crippen molar-refractivity contribution in [3.05, 3.63) is 32.7 Å². The summed E-state index contributed by atoms with van der Waals surface area (Å²) in [6.07, 6.45) is 3.25. The number of halogens is 1. The number of hydrogen-bond acceptors (Lipinski definition) is 4. The molecule has 2 aromatic heterocycles. The Morgan fingerprint density at radius 3 is 2.61 bits per heavy atom. The van der Waals surface area contributed by atoms with Gasteiger partial charge in [0.25, 0.3) is 0 Å². The Bertz CT molecular complexity index is 601. The van der Waals surface area contributed by atoms with Crippen LogP contribution < -0.4 is 0 Å². The standard InChI is InChI=1S/C10H12BrN5O2/c1-6(2)15-10(14-5-8(11)4-12-14)9(16(17)18)7(3)13-15/h4-6H,1-3H3. The first-order valence-electron chi connectivity index (χ1n) is 5.36. The fourth-order valence-corrected chi connectivity index (χ4v) is 2.02. The predicted octanol–water partition coefficient (Wildman–Crippen LogP) is 2.63. The van der Waals surface area contributed by atoms with Crippen molar-refractivity contribution < 1.29 is 4.92 Å². The highest BCUT2D eigenvalue weighted by molar-refractivity contribution is 9.10. The Kier molecular flexibility index (Phi) is 3.20. The summed E-state index contributed by atoms with van der Waals surface area (Å²) in [6, 6.07) is 0.00961. The van der Waals surface area contributed by atoms with Gasteiger partial charge in [0.05, 0.1) is 15.6 Å². The molecule has 0 unspecified atom stereocenters. The molecule has 0 aromatic carbocycles. The molecule has 2 aromatic rings. The van der Waals surface area contributed by atoms with Crippen LogP contribution in [-0.4, -0.2) is 24.5 Å². The fourth-order valence-electron chi connectivity index (χ4n) is 1.73. The van der Waals surface area contributed by atoms with Crippen molar-refractivity contribution in [1.82, 2.24) is 19.6 Å². The molecule has 0 atom stereocenters. The Morgan fingerprint density at radius 2 is 2.17 bits per heavy atom. The van der Waals surface area contributed by atoms with Crippen LogP contribution >= 0.6 is 15.9 Å². The van der Waals surface area contributed by atoms with Crippen molar-refractivity contribution in [2.24, 2.45) is 0 Å². The van der Waals surface area contributed by atoms with E-state index in [2.05, 4.69) is 26.1 Å². The van der Waals surface area contributed by atoms with Gasteiger partial charge in [-0.05, 0) is 36.7 Å². The average Bonchev–Trinajstić information content (AvgIpc) is 2.81. The van der Waals surface area contributed by atoms with Crippen molar-refractivity contribution in [3.8, 4) is 5.82 Å². The van der Waals surface area contributed by atoms with E-state index in [1.165, 1.54) is 4.68 Å². The Balaban J connectivity index is 2.73. The summed E-state index contributed by atoms with van der Waals surface area (Å²) < 4.78 is 3.82. The van der Waals surface area contributed by atoms with Crippen LogP contribution in [0, 0.1) is 17.0 Å². The molecule has 0 aliphatic rings. The number of rotatable bonds is 3. The quantitative estimate of drug-likeness (QED) is 0.644. The minimum absolute atomic E-state index is 0.00961. The molecule has 0 N–H and O–H groups in total. The summed E-state index contributed by atoms with van der Waals surface area (Å²) in [5.41, 5.74) is 0.370. The zero-order valence-electron chi connectivity index (χ0n) is 10.2. The van der Waals surface area contributed by atoms with Crippen LogP contribution in [-0.2, 0) is 0 Å². The molecule has 0 aliphatic carbocycles. The number of aromatic nitrogens is 4. The van der Waals surface area contributed by atoms with Gasteiger partial charge in [-0.25, -0.2) is 9.36 Å². The van der Waals surface area contributed by atoms with E-state index in [4.69, 9.17) is 0 Å². The fraction of sp³-hybridized carbons (Fsp3) is 0.400. The van der Waals surface area contributed by atoms with Gasteiger partial charge in [0.15, 0.2) is 0 Å². The number of hydrogen-bond donors (Lipinski definition) is 0. The molecule has 8 heteroatoms. The maximum absolute atomic E-state index is 11.2. The summed E-state index contributed by atoms with van der Waals surface area (Å²) in [6.45, 7) is 5.45. The predicted molar refractivity (Wildman–Crippen MR) is 68.8 cm³/mol. The van der Waals surface area contributed by atoms with Crippen LogP contribution in [0.15, 0.2) is 16.9 Å². The number of nitro groups is 1. The molecular formula is C10H12BrN5O2. The summed E-state index contributed by atoms with van der Waals surface area (Å²) in [7, 11) is 0. The normalized spacial score (nSPS) is 11.2. The monoisotopic (exact) mass is 313 g/mol. The van der Waals surface area contributed by atoms with Gasteiger partial charge in [-0.1, -0.05) is 0 Å². The third kappa shape index (κ3) is 2.03. The van der Waals surface area contributed by atoms with Crippen molar-refractivity contribution in [2.75, 3.05) is 0 Å². The molecule has 96 valence electrons. The SMILES string of the molecule is Cc1nn(C(C)C)c(-n2cc(Br)cn2)c1[N+](=O)[O-]. The first-order chi connectivity index (χ1) is 8.41. The molecule has 0 spiro atoms. The summed E-state index contributed by atoms with van der Waals surface area (Å²) in [5.74, 6) is 0.373. The van der Waals surface area contributed by atoms with Gasteiger partial charge in [-0.15, -0.1) is 0 Å². The lowest BCUT2D eigenvalue weighted by molar-refractivity contribution is -0.385. The second-order valence-electron chi connectivity index (χ2n) is 4.16. The average molecular weight is 314 g/mol. The number of aryl methyl sites for hydroxylation is 1. The topological polar surface area (TPSA) is 78.8 Å². The maximum Gasteiger partial charge on any atom is 0.336 e. The zero-order chi connectivity index (χ0) is 13.4. The zero-order valence-corrected chi connectivity index (χ0v) is 11.7. The molecular weight excluding hydrogens is 302 g/mol. The molecule has 2 heterocycles. The van der Waals surface area contributed by atoms with Gasteiger partial charge >= 0.3 is 5.69 Å².